The number of aryl methyl sites for hydroxylation is 1. The maximum Gasteiger partial charge on any atom is 0.126 e. The van der Waals surface area contributed by atoms with Crippen LogP contribution in [0.15, 0.2) is 48.5 Å². The van der Waals surface area contributed by atoms with Gasteiger partial charge in [0.2, 0.25) is 0 Å². The van der Waals surface area contributed by atoms with Gasteiger partial charge in [-0.1, -0.05) is 30.3 Å². The molecule has 0 aliphatic carbocycles. The largest absolute Gasteiger partial charge is 0.319 e. The van der Waals surface area contributed by atoms with Crippen LogP contribution in [0.4, 0.5) is 4.39 Å². The van der Waals surface area contributed by atoms with Crippen LogP contribution in [0.2, 0.25) is 0 Å². The van der Waals surface area contributed by atoms with E-state index in [0.29, 0.717) is 5.82 Å². The third-order valence-electron chi connectivity index (χ3n) is 3.27. The first kappa shape index (κ1) is 12.7. The van der Waals surface area contributed by atoms with E-state index < -0.39 is 6.04 Å². The second kappa shape index (κ2) is 4.98. The quantitative estimate of drug-likeness (QED) is 0.776. The third kappa shape index (κ3) is 2.26. The Morgan fingerprint density at radius 2 is 1.70 bits per heavy atom. The summed E-state index contributed by atoms with van der Waals surface area (Å²) in [5, 5.41) is 0.926. The topological polar surface area (TPSA) is 51.8 Å². The van der Waals surface area contributed by atoms with E-state index in [-0.39, 0.29) is 5.82 Å². The van der Waals surface area contributed by atoms with Gasteiger partial charge in [0.25, 0.3) is 0 Å². The summed E-state index contributed by atoms with van der Waals surface area (Å²) in [6.07, 6.45) is 0. The summed E-state index contributed by atoms with van der Waals surface area (Å²) in [5.41, 5.74) is 8.75. The molecule has 3 aromatic rings. The lowest BCUT2D eigenvalue weighted by Crippen LogP contribution is -2.15. The van der Waals surface area contributed by atoms with Crippen molar-refractivity contribution in [3.8, 4) is 0 Å². The Hall–Kier alpha value is -2.33. The summed E-state index contributed by atoms with van der Waals surface area (Å²) in [5.74, 6) is 0.404. The molecule has 0 fully saturated rings. The Bertz CT molecular complexity index is 753. The fraction of sp³-hybridized carbons (Fsp3) is 0.125. The standard InChI is InChI=1S/C16H14FN3/c1-10-19-14-5-3-2-4-13(14)16(20-10)15(18)11-6-8-12(17)9-7-11/h2-9,15H,18H2,1H3. The zero-order valence-electron chi connectivity index (χ0n) is 11.0. The molecule has 0 bridgehead atoms. The van der Waals surface area contributed by atoms with Crippen LogP contribution < -0.4 is 5.73 Å². The molecule has 20 heavy (non-hydrogen) atoms. The van der Waals surface area contributed by atoms with Gasteiger partial charge in [-0.05, 0) is 30.7 Å². The maximum absolute atomic E-state index is 13.0. The van der Waals surface area contributed by atoms with Crippen molar-refractivity contribution >= 4 is 10.9 Å². The molecule has 0 radical (unpaired) electrons. The Morgan fingerprint density at radius 3 is 2.45 bits per heavy atom. The van der Waals surface area contributed by atoms with Gasteiger partial charge in [-0.2, -0.15) is 0 Å². The summed E-state index contributed by atoms with van der Waals surface area (Å²) < 4.78 is 13.0. The molecule has 0 aliphatic rings. The first-order valence-electron chi connectivity index (χ1n) is 6.39. The first-order valence-corrected chi connectivity index (χ1v) is 6.39. The first-order chi connectivity index (χ1) is 9.65. The van der Waals surface area contributed by atoms with Gasteiger partial charge in [0.15, 0.2) is 0 Å². The summed E-state index contributed by atoms with van der Waals surface area (Å²) in [6, 6.07) is 13.5. The average molecular weight is 267 g/mol. The number of rotatable bonds is 2. The normalized spacial score (nSPS) is 12.6. The molecule has 2 aromatic carbocycles. The zero-order chi connectivity index (χ0) is 14.1. The summed E-state index contributed by atoms with van der Waals surface area (Å²) in [4.78, 5) is 8.87. The molecule has 0 amide bonds. The van der Waals surface area contributed by atoms with Crippen LogP contribution in [0.1, 0.15) is 23.1 Å². The van der Waals surface area contributed by atoms with Gasteiger partial charge in [-0.15, -0.1) is 0 Å². The van der Waals surface area contributed by atoms with Crippen molar-refractivity contribution in [2.24, 2.45) is 5.73 Å². The summed E-state index contributed by atoms with van der Waals surface area (Å²) >= 11 is 0. The number of hydrogen-bond donors (Lipinski definition) is 1. The molecule has 1 atom stereocenters. The van der Waals surface area contributed by atoms with E-state index in [2.05, 4.69) is 9.97 Å². The molecule has 1 aromatic heterocycles. The van der Waals surface area contributed by atoms with Gasteiger partial charge in [-0.3, -0.25) is 0 Å². The summed E-state index contributed by atoms with van der Waals surface area (Å²) in [7, 11) is 0. The van der Waals surface area contributed by atoms with Crippen molar-refractivity contribution in [3.63, 3.8) is 0 Å². The molecule has 1 heterocycles. The van der Waals surface area contributed by atoms with Crippen molar-refractivity contribution < 1.29 is 4.39 Å². The third-order valence-corrected chi connectivity index (χ3v) is 3.27. The Balaban J connectivity index is 2.15. The Morgan fingerprint density at radius 1 is 1.00 bits per heavy atom. The predicted molar refractivity (Wildman–Crippen MR) is 76.7 cm³/mol. The minimum Gasteiger partial charge on any atom is -0.319 e. The van der Waals surface area contributed by atoms with Crippen LogP contribution in [0.3, 0.4) is 0 Å². The van der Waals surface area contributed by atoms with Crippen LogP contribution in [0.5, 0.6) is 0 Å². The predicted octanol–water partition coefficient (Wildman–Crippen LogP) is 3.13. The second-order valence-corrected chi connectivity index (χ2v) is 4.70. The molecular weight excluding hydrogens is 253 g/mol. The zero-order valence-corrected chi connectivity index (χ0v) is 11.0. The molecule has 0 aliphatic heterocycles. The van der Waals surface area contributed by atoms with E-state index in [1.807, 2.05) is 31.2 Å². The van der Waals surface area contributed by atoms with E-state index in [0.717, 1.165) is 22.2 Å². The molecule has 0 saturated carbocycles. The number of nitrogens with two attached hydrogens (primary N) is 1. The maximum atomic E-state index is 13.0. The van der Waals surface area contributed by atoms with Crippen LogP contribution in [-0.2, 0) is 0 Å². The highest BCUT2D eigenvalue weighted by atomic mass is 19.1. The van der Waals surface area contributed by atoms with Gasteiger partial charge in [-0.25, -0.2) is 14.4 Å². The van der Waals surface area contributed by atoms with Gasteiger partial charge < -0.3 is 5.73 Å². The van der Waals surface area contributed by atoms with Crippen molar-refractivity contribution in [2.75, 3.05) is 0 Å². The monoisotopic (exact) mass is 267 g/mol. The minimum absolute atomic E-state index is 0.273. The minimum atomic E-state index is -0.401. The number of halogens is 1. The molecular formula is C16H14FN3. The lowest BCUT2D eigenvalue weighted by Gasteiger charge is -2.14. The number of hydrogen-bond acceptors (Lipinski definition) is 3. The molecule has 0 spiro atoms. The van der Waals surface area contributed by atoms with Gasteiger partial charge in [0.05, 0.1) is 17.3 Å². The fourth-order valence-corrected chi connectivity index (χ4v) is 2.29. The van der Waals surface area contributed by atoms with Crippen molar-refractivity contribution in [1.29, 1.82) is 0 Å². The van der Waals surface area contributed by atoms with E-state index in [9.17, 15) is 4.39 Å². The molecule has 2 N–H and O–H groups in total. The second-order valence-electron chi connectivity index (χ2n) is 4.70. The molecule has 4 heteroatoms. The van der Waals surface area contributed by atoms with Gasteiger partial charge in [0.1, 0.15) is 11.6 Å². The van der Waals surface area contributed by atoms with E-state index in [1.54, 1.807) is 12.1 Å². The van der Waals surface area contributed by atoms with E-state index in [4.69, 9.17) is 5.73 Å². The number of nitrogens with zero attached hydrogens (tertiary/aromatic N) is 2. The highest BCUT2D eigenvalue weighted by Gasteiger charge is 2.15. The number of aromatic nitrogens is 2. The van der Waals surface area contributed by atoms with Crippen molar-refractivity contribution in [3.05, 3.63) is 71.4 Å². The lowest BCUT2D eigenvalue weighted by atomic mass is 10.0. The highest BCUT2D eigenvalue weighted by molar-refractivity contribution is 5.81. The molecule has 100 valence electrons. The molecule has 3 rings (SSSR count). The SMILES string of the molecule is Cc1nc(C(N)c2ccc(F)cc2)c2ccccc2n1. The van der Waals surface area contributed by atoms with Crippen LogP contribution >= 0.6 is 0 Å². The summed E-state index contributed by atoms with van der Waals surface area (Å²) in [6.45, 7) is 1.84. The average Bonchev–Trinajstić information content (AvgIpc) is 2.46. The number of benzene rings is 2. The highest BCUT2D eigenvalue weighted by Crippen LogP contribution is 2.25. The van der Waals surface area contributed by atoms with Gasteiger partial charge >= 0.3 is 0 Å². The van der Waals surface area contributed by atoms with Gasteiger partial charge in [0, 0.05) is 5.39 Å². The number of para-hydroxylation sites is 1. The Kier molecular flexibility index (Phi) is 3.16. The molecule has 0 saturated heterocycles. The van der Waals surface area contributed by atoms with Crippen molar-refractivity contribution in [2.45, 2.75) is 13.0 Å². The Labute approximate surface area is 116 Å². The van der Waals surface area contributed by atoms with Crippen LogP contribution in [0.25, 0.3) is 10.9 Å². The molecule has 3 nitrogen and oxygen atoms in total. The van der Waals surface area contributed by atoms with Crippen molar-refractivity contribution in [1.82, 2.24) is 9.97 Å². The number of fused-ring (bicyclic) bond motifs is 1. The fourth-order valence-electron chi connectivity index (χ4n) is 2.29. The molecule has 1 unspecified atom stereocenters. The lowest BCUT2D eigenvalue weighted by molar-refractivity contribution is 0.626. The van der Waals surface area contributed by atoms with Crippen LogP contribution in [0, 0.1) is 12.7 Å². The van der Waals surface area contributed by atoms with E-state index >= 15 is 0 Å². The smallest absolute Gasteiger partial charge is 0.126 e. The van der Waals surface area contributed by atoms with Crippen LogP contribution in [-0.4, -0.2) is 9.97 Å². The van der Waals surface area contributed by atoms with E-state index in [1.165, 1.54) is 12.1 Å².